The van der Waals surface area contributed by atoms with Gasteiger partial charge in [-0.1, -0.05) is 57.9 Å². The average molecular weight is 652 g/mol. The van der Waals surface area contributed by atoms with Crippen molar-refractivity contribution < 1.29 is 28.9 Å². The van der Waals surface area contributed by atoms with E-state index in [2.05, 4.69) is 21.2 Å². The van der Waals surface area contributed by atoms with Crippen LogP contribution in [0.2, 0.25) is 0 Å². The standard InChI is InChI=1S/C34H39BrN2O6/c1-23-7-5-8-24(21-23)22-36-32(40)34(18-17-29(39)43-33(2,3)4)30(25-9-13-27(35)14-10-25)42-31(37-34)26-11-15-28(16-12-26)41-20-6-19-38/h5,7-16,21,30,38H,6,17-20,22H2,1-4H3,(H,36,40)/t30-,34-/m1/s1. The number of carbonyl (C=O) groups excluding carboxylic acids is 2. The van der Waals surface area contributed by atoms with Crippen LogP contribution in [0.3, 0.4) is 0 Å². The molecule has 4 rings (SSSR count). The number of halogens is 1. The highest BCUT2D eigenvalue weighted by atomic mass is 79.9. The predicted molar refractivity (Wildman–Crippen MR) is 169 cm³/mol. The number of carbonyl (C=O) groups is 2. The summed E-state index contributed by atoms with van der Waals surface area (Å²) >= 11 is 3.49. The molecule has 3 aromatic rings. The van der Waals surface area contributed by atoms with Crippen molar-refractivity contribution in [2.45, 2.75) is 70.7 Å². The minimum Gasteiger partial charge on any atom is -0.494 e. The number of ether oxygens (including phenoxy) is 3. The Hall–Kier alpha value is -3.69. The molecule has 0 spiro atoms. The van der Waals surface area contributed by atoms with Gasteiger partial charge in [0.15, 0.2) is 11.6 Å². The van der Waals surface area contributed by atoms with Gasteiger partial charge in [0.05, 0.1) is 6.61 Å². The molecular formula is C34H39BrN2O6. The van der Waals surface area contributed by atoms with Crippen molar-refractivity contribution in [1.29, 1.82) is 0 Å². The molecule has 0 bridgehead atoms. The first kappa shape index (κ1) is 32.2. The topological polar surface area (TPSA) is 106 Å². The van der Waals surface area contributed by atoms with E-state index in [1.54, 1.807) is 12.1 Å². The van der Waals surface area contributed by atoms with Gasteiger partial charge in [0.25, 0.3) is 5.91 Å². The molecule has 0 aliphatic carbocycles. The Labute approximate surface area is 261 Å². The number of nitrogens with one attached hydrogen (secondary N) is 1. The van der Waals surface area contributed by atoms with Crippen LogP contribution in [0.25, 0.3) is 0 Å². The summed E-state index contributed by atoms with van der Waals surface area (Å²) < 4.78 is 18.6. The SMILES string of the molecule is Cc1cccc(CNC(=O)[C@]2(CCC(=O)OC(C)(C)C)N=C(c3ccc(OCCCO)cc3)O[C@@H]2c2ccc(Br)cc2)c1. The molecular weight excluding hydrogens is 612 g/mol. The van der Waals surface area contributed by atoms with Gasteiger partial charge < -0.3 is 24.6 Å². The maximum Gasteiger partial charge on any atom is 0.306 e. The van der Waals surface area contributed by atoms with Crippen molar-refractivity contribution in [1.82, 2.24) is 5.32 Å². The smallest absolute Gasteiger partial charge is 0.306 e. The molecule has 8 nitrogen and oxygen atoms in total. The summed E-state index contributed by atoms with van der Waals surface area (Å²) in [6, 6.07) is 22.7. The first-order valence-corrected chi connectivity index (χ1v) is 15.2. The van der Waals surface area contributed by atoms with Crippen molar-refractivity contribution in [3.05, 3.63) is 99.5 Å². The second kappa shape index (κ2) is 14.2. The Balaban J connectivity index is 1.71. The van der Waals surface area contributed by atoms with Gasteiger partial charge in [0.2, 0.25) is 5.90 Å². The summed E-state index contributed by atoms with van der Waals surface area (Å²) in [5.41, 5.74) is 1.36. The molecule has 0 fully saturated rings. The fourth-order valence-corrected chi connectivity index (χ4v) is 5.11. The summed E-state index contributed by atoms with van der Waals surface area (Å²) in [6.45, 7) is 8.18. The summed E-state index contributed by atoms with van der Waals surface area (Å²) in [7, 11) is 0. The van der Waals surface area contributed by atoms with Crippen molar-refractivity contribution in [2.24, 2.45) is 4.99 Å². The van der Waals surface area contributed by atoms with E-state index in [4.69, 9.17) is 24.3 Å². The summed E-state index contributed by atoms with van der Waals surface area (Å²) in [4.78, 5) is 32.1. The first-order valence-electron chi connectivity index (χ1n) is 14.4. The van der Waals surface area contributed by atoms with Crippen LogP contribution in [0.1, 0.15) is 68.4 Å². The maximum absolute atomic E-state index is 14.3. The van der Waals surface area contributed by atoms with Crippen LogP contribution >= 0.6 is 15.9 Å². The van der Waals surface area contributed by atoms with Crippen molar-refractivity contribution >= 4 is 33.7 Å². The number of aliphatic hydroxyl groups is 1. The Morgan fingerprint density at radius 2 is 1.79 bits per heavy atom. The minimum atomic E-state index is -1.44. The van der Waals surface area contributed by atoms with Crippen LogP contribution in [-0.4, -0.2) is 47.2 Å². The lowest BCUT2D eigenvalue weighted by molar-refractivity contribution is -0.155. The lowest BCUT2D eigenvalue weighted by atomic mass is 9.83. The zero-order chi connectivity index (χ0) is 31.0. The zero-order valence-corrected chi connectivity index (χ0v) is 26.6. The van der Waals surface area contributed by atoms with E-state index < -0.39 is 23.2 Å². The van der Waals surface area contributed by atoms with E-state index in [0.717, 1.165) is 21.2 Å². The van der Waals surface area contributed by atoms with Crippen LogP contribution in [0.5, 0.6) is 5.75 Å². The van der Waals surface area contributed by atoms with Gasteiger partial charge in [-0.05, 0) is 81.6 Å². The van der Waals surface area contributed by atoms with E-state index >= 15 is 0 Å². The van der Waals surface area contributed by atoms with Crippen molar-refractivity contribution in [3.63, 3.8) is 0 Å². The molecule has 2 N–H and O–H groups in total. The Kier molecular flexibility index (Phi) is 10.6. The molecule has 2 atom stereocenters. The van der Waals surface area contributed by atoms with Crippen LogP contribution in [0.4, 0.5) is 0 Å². The molecule has 3 aromatic carbocycles. The molecule has 0 unspecified atom stereocenters. The van der Waals surface area contributed by atoms with E-state index in [1.807, 2.05) is 88.4 Å². The number of aryl methyl sites for hydroxylation is 1. The Bertz CT molecular complexity index is 1430. The molecule has 1 aliphatic rings. The number of benzene rings is 3. The largest absolute Gasteiger partial charge is 0.494 e. The molecule has 228 valence electrons. The van der Waals surface area contributed by atoms with Gasteiger partial charge in [-0.15, -0.1) is 0 Å². The molecule has 0 radical (unpaired) electrons. The minimum absolute atomic E-state index is 0.0278. The molecule has 0 saturated carbocycles. The molecule has 1 heterocycles. The van der Waals surface area contributed by atoms with E-state index in [-0.39, 0.29) is 25.4 Å². The third kappa shape index (κ3) is 8.67. The number of aliphatic hydroxyl groups excluding tert-OH is 1. The third-order valence-electron chi connectivity index (χ3n) is 6.87. The Morgan fingerprint density at radius 1 is 1.07 bits per heavy atom. The molecule has 43 heavy (non-hydrogen) atoms. The van der Waals surface area contributed by atoms with Crippen LogP contribution in [0.15, 0.2) is 82.3 Å². The van der Waals surface area contributed by atoms with Gasteiger partial charge in [0.1, 0.15) is 11.4 Å². The monoisotopic (exact) mass is 650 g/mol. The third-order valence-corrected chi connectivity index (χ3v) is 7.40. The average Bonchev–Trinajstić information content (AvgIpc) is 3.36. The molecule has 9 heteroatoms. The van der Waals surface area contributed by atoms with Gasteiger partial charge in [-0.25, -0.2) is 4.99 Å². The summed E-state index contributed by atoms with van der Waals surface area (Å²) in [5, 5.41) is 12.1. The molecule has 1 aliphatic heterocycles. The summed E-state index contributed by atoms with van der Waals surface area (Å²) in [5.74, 6) is 0.183. The van der Waals surface area contributed by atoms with E-state index in [0.29, 0.717) is 36.8 Å². The van der Waals surface area contributed by atoms with Crippen LogP contribution < -0.4 is 10.1 Å². The maximum atomic E-state index is 14.3. The first-order chi connectivity index (χ1) is 20.5. The molecule has 0 saturated heterocycles. The fourth-order valence-electron chi connectivity index (χ4n) is 4.85. The number of aliphatic imine (C=N–C) groups is 1. The van der Waals surface area contributed by atoms with Crippen LogP contribution in [0, 0.1) is 6.92 Å². The van der Waals surface area contributed by atoms with Crippen LogP contribution in [-0.2, 0) is 25.6 Å². The number of hydrogen-bond donors (Lipinski definition) is 2. The lowest BCUT2D eigenvalue weighted by Crippen LogP contribution is -2.48. The van der Waals surface area contributed by atoms with E-state index in [1.165, 1.54) is 0 Å². The van der Waals surface area contributed by atoms with E-state index in [9.17, 15) is 9.59 Å². The number of nitrogens with zero attached hydrogens (tertiary/aromatic N) is 1. The van der Waals surface area contributed by atoms with Gasteiger partial charge in [-0.3, -0.25) is 9.59 Å². The molecule has 0 aromatic heterocycles. The second-order valence-electron chi connectivity index (χ2n) is 11.6. The fraction of sp³-hybridized carbons (Fsp3) is 0.382. The molecule has 1 amide bonds. The zero-order valence-electron chi connectivity index (χ0n) is 25.1. The van der Waals surface area contributed by atoms with Crippen molar-refractivity contribution in [3.8, 4) is 5.75 Å². The van der Waals surface area contributed by atoms with Gasteiger partial charge in [-0.2, -0.15) is 0 Å². The van der Waals surface area contributed by atoms with Gasteiger partial charge in [0, 0.05) is 36.0 Å². The summed E-state index contributed by atoms with van der Waals surface area (Å²) in [6.07, 6.45) is -0.214. The highest BCUT2D eigenvalue weighted by Crippen LogP contribution is 2.43. The number of esters is 1. The lowest BCUT2D eigenvalue weighted by Gasteiger charge is -2.31. The number of rotatable bonds is 12. The predicted octanol–water partition coefficient (Wildman–Crippen LogP) is 6.21. The van der Waals surface area contributed by atoms with Crippen molar-refractivity contribution in [2.75, 3.05) is 13.2 Å². The normalized spacial score (nSPS) is 18.0. The number of hydrogen-bond acceptors (Lipinski definition) is 7. The van der Waals surface area contributed by atoms with Gasteiger partial charge >= 0.3 is 5.97 Å². The number of amides is 1. The second-order valence-corrected chi connectivity index (χ2v) is 12.5. The quantitative estimate of drug-likeness (QED) is 0.178. The highest BCUT2D eigenvalue weighted by molar-refractivity contribution is 9.10. The Morgan fingerprint density at radius 3 is 2.44 bits per heavy atom. The highest BCUT2D eigenvalue weighted by Gasteiger charge is 2.53.